The lowest BCUT2D eigenvalue weighted by atomic mass is 9.87. The number of nitrogens with one attached hydrogen (secondary N) is 1. The maximum Gasteiger partial charge on any atom is 0.393 e. The predicted molar refractivity (Wildman–Crippen MR) is 79.5 cm³/mol. The maximum absolute atomic E-state index is 12.6. The molecule has 0 amide bonds. The first-order valence-electron chi connectivity index (χ1n) is 7.79. The van der Waals surface area contributed by atoms with Gasteiger partial charge in [-0.3, -0.25) is 0 Å². The fraction of sp³-hybridized carbons (Fsp3) is 0.600. The monoisotopic (exact) mass is 325 g/mol. The average molecular weight is 325 g/mol. The highest BCUT2D eigenvalue weighted by Gasteiger charge is 2.41. The van der Waals surface area contributed by atoms with Gasteiger partial charge in [0.05, 0.1) is 6.42 Å². The van der Waals surface area contributed by atoms with Crippen LogP contribution < -0.4 is 10.2 Å². The van der Waals surface area contributed by atoms with Gasteiger partial charge in [0.15, 0.2) is 5.82 Å². The van der Waals surface area contributed by atoms with Crippen LogP contribution in [0.1, 0.15) is 18.4 Å². The Kier molecular flexibility index (Phi) is 3.26. The summed E-state index contributed by atoms with van der Waals surface area (Å²) >= 11 is 0. The third-order valence-electron chi connectivity index (χ3n) is 4.92. The number of fused-ring (bicyclic) bond motifs is 1. The molecule has 5 nitrogen and oxygen atoms in total. The predicted octanol–water partition coefficient (Wildman–Crippen LogP) is 2.02. The molecule has 2 aromatic rings. The Labute approximate surface area is 131 Å². The van der Waals surface area contributed by atoms with Crippen molar-refractivity contribution in [1.29, 1.82) is 0 Å². The molecule has 2 aliphatic heterocycles. The molecule has 0 radical (unpaired) electrons. The van der Waals surface area contributed by atoms with E-state index >= 15 is 0 Å². The molecule has 2 aromatic heterocycles. The number of halogens is 3. The van der Waals surface area contributed by atoms with Crippen LogP contribution >= 0.6 is 0 Å². The minimum Gasteiger partial charge on any atom is -0.354 e. The van der Waals surface area contributed by atoms with E-state index in [-0.39, 0.29) is 11.0 Å². The zero-order valence-corrected chi connectivity index (χ0v) is 12.6. The van der Waals surface area contributed by atoms with E-state index in [9.17, 15) is 13.2 Å². The lowest BCUT2D eigenvalue weighted by Crippen LogP contribution is -2.29. The third kappa shape index (κ3) is 2.75. The Balaban J connectivity index is 1.65. The quantitative estimate of drug-likeness (QED) is 0.918. The van der Waals surface area contributed by atoms with Crippen LogP contribution in [0.4, 0.5) is 19.0 Å². The molecule has 124 valence electrons. The zero-order chi connectivity index (χ0) is 16.1. The number of hydrogen-bond acceptors (Lipinski definition) is 4. The van der Waals surface area contributed by atoms with E-state index in [2.05, 4.69) is 20.3 Å². The van der Waals surface area contributed by atoms with Gasteiger partial charge in [-0.1, -0.05) is 0 Å². The maximum atomic E-state index is 12.6. The molecule has 0 aliphatic carbocycles. The van der Waals surface area contributed by atoms with Crippen LogP contribution in [-0.4, -0.2) is 47.0 Å². The SMILES string of the molecule is FC(F)(F)Cc1cc2c(N3CCC4(CCNC4)C3)ncnn2c1. The number of hydrogen-bond donors (Lipinski definition) is 1. The summed E-state index contributed by atoms with van der Waals surface area (Å²) in [6.07, 6.45) is -0.0680. The molecular weight excluding hydrogens is 307 g/mol. The molecule has 23 heavy (non-hydrogen) atoms. The van der Waals surface area contributed by atoms with Crippen LogP contribution in [0.5, 0.6) is 0 Å². The van der Waals surface area contributed by atoms with Gasteiger partial charge in [-0.2, -0.15) is 18.3 Å². The summed E-state index contributed by atoms with van der Waals surface area (Å²) in [5, 5.41) is 7.46. The molecule has 2 saturated heterocycles. The highest BCUT2D eigenvalue weighted by Crippen LogP contribution is 2.38. The first-order chi connectivity index (χ1) is 10.9. The Bertz CT molecular complexity index is 717. The van der Waals surface area contributed by atoms with Crippen LogP contribution in [0.15, 0.2) is 18.6 Å². The van der Waals surface area contributed by atoms with Gasteiger partial charge in [0, 0.05) is 31.2 Å². The fourth-order valence-corrected chi connectivity index (χ4v) is 3.80. The van der Waals surface area contributed by atoms with E-state index in [0.29, 0.717) is 5.52 Å². The van der Waals surface area contributed by atoms with Gasteiger partial charge < -0.3 is 10.2 Å². The summed E-state index contributed by atoms with van der Waals surface area (Å²) in [6.45, 7) is 3.82. The van der Waals surface area contributed by atoms with Crippen molar-refractivity contribution >= 4 is 11.3 Å². The second-order valence-corrected chi connectivity index (χ2v) is 6.65. The van der Waals surface area contributed by atoms with Gasteiger partial charge in [0.1, 0.15) is 11.8 Å². The molecule has 2 aliphatic rings. The molecule has 1 spiro atoms. The molecule has 0 saturated carbocycles. The first kappa shape index (κ1) is 14.7. The summed E-state index contributed by atoms with van der Waals surface area (Å²) in [5.74, 6) is 0.734. The van der Waals surface area contributed by atoms with Crippen molar-refractivity contribution in [1.82, 2.24) is 19.9 Å². The van der Waals surface area contributed by atoms with Gasteiger partial charge in [-0.25, -0.2) is 9.50 Å². The van der Waals surface area contributed by atoms with Crippen molar-refractivity contribution in [2.75, 3.05) is 31.1 Å². The van der Waals surface area contributed by atoms with E-state index in [4.69, 9.17) is 0 Å². The van der Waals surface area contributed by atoms with Gasteiger partial charge in [-0.15, -0.1) is 0 Å². The molecule has 0 bridgehead atoms. The Morgan fingerprint density at radius 1 is 1.30 bits per heavy atom. The average Bonchev–Trinajstić information content (AvgIpc) is 3.17. The van der Waals surface area contributed by atoms with E-state index in [0.717, 1.165) is 44.8 Å². The molecule has 8 heteroatoms. The second kappa shape index (κ2) is 5.09. The lowest BCUT2D eigenvalue weighted by molar-refractivity contribution is -0.127. The van der Waals surface area contributed by atoms with Gasteiger partial charge >= 0.3 is 6.18 Å². The number of rotatable bonds is 2. The van der Waals surface area contributed by atoms with E-state index in [1.807, 2.05) is 0 Å². The van der Waals surface area contributed by atoms with Crippen LogP contribution in [0, 0.1) is 5.41 Å². The molecule has 4 rings (SSSR count). The third-order valence-corrected chi connectivity index (χ3v) is 4.92. The minimum absolute atomic E-state index is 0.218. The largest absolute Gasteiger partial charge is 0.393 e. The smallest absolute Gasteiger partial charge is 0.354 e. The second-order valence-electron chi connectivity index (χ2n) is 6.65. The van der Waals surface area contributed by atoms with Gasteiger partial charge in [0.2, 0.25) is 0 Å². The molecule has 0 aromatic carbocycles. The van der Waals surface area contributed by atoms with Crippen LogP contribution in [-0.2, 0) is 6.42 Å². The molecule has 1 N–H and O–H groups in total. The van der Waals surface area contributed by atoms with E-state index < -0.39 is 12.6 Å². The zero-order valence-electron chi connectivity index (χ0n) is 12.6. The minimum atomic E-state index is -4.22. The standard InChI is InChI=1S/C15H18F3N5/c16-15(17,18)6-11-5-12-13(20-10-21-23(12)7-11)22-4-2-14(9-22)1-3-19-8-14/h5,7,10,19H,1-4,6,8-9H2. The summed E-state index contributed by atoms with van der Waals surface area (Å²) < 4.78 is 39.3. The van der Waals surface area contributed by atoms with Crippen molar-refractivity contribution < 1.29 is 13.2 Å². The Hall–Kier alpha value is -1.83. The number of aromatic nitrogens is 3. The Morgan fingerprint density at radius 2 is 2.17 bits per heavy atom. The number of nitrogens with zero attached hydrogens (tertiary/aromatic N) is 4. The summed E-state index contributed by atoms with van der Waals surface area (Å²) in [5.41, 5.74) is 1.15. The van der Waals surface area contributed by atoms with Crippen molar-refractivity contribution in [3.05, 3.63) is 24.2 Å². The molecule has 4 heterocycles. The molecule has 2 fully saturated rings. The molecular formula is C15H18F3N5. The highest BCUT2D eigenvalue weighted by molar-refractivity contribution is 5.70. The Morgan fingerprint density at radius 3 is 2.91 bits per heavy atom. The first-order valence-corrected chi connectivity index (χ1v) is 7.79. The highest BCUT2D eigenvalue weighted by atomic mass is 19.4. The van der Waals surface area contributed by atoms with Crippen LogP contribution in [0.25, 0.3) is 5.52 Å². The molecule has 1 atom stereocenters. The number of alkyl halides is 3. The number of anilines is 1. The topological polar surface area (TPSA) is 45.5 Å². The van der Waals surface area contributed by atoms with Crippen LogP contribution in [0.3, 0.4) is 0 Å². The summed E-state index contributed by atoms with van der Waals surface area (Å²) in [4.78, 5) is 6.53. The van der Waals surface area contributed by atoms with Crippen molar-refractivity contribution in [2.24, 2.45) is 5.41 Å². The summed E-state index contributed by atoms with van der Waals surface area (Å²) in [6, 6.07) is 1.56. The molecule has 1 unspecified atom stereocenters. The van der Waals surface area contributed by atoms with Crippen LogP contribution in [0.2, 0.25) is 0 Å². The lowest BCUT2D eigenvalue weighted by Gasteiger charge is -2.23. The van der Waals surface area contributed by atoms with Crippen molar-refractivity contribution in [2.45, 2.75) is 25.4 Å². The van der Waals surface area contributed by atoms with Crippen molar-refractivity contribution in [3.63, 3.8) is 0 Å². The van der Waals surface area contributed by atoms with E-state index in [1.54, 1.807) is 6.07 Å². The normalized spacial score (nSPS) is 25.1. The summed E-state index contributed by atoms with van der Waals surface area (Å²) in [7, 11) is 0. The van der Waals surface area contributed by atoms with E-state index in [1.165, 1.54) is 17.0 Å². The van der Waals surface area contributed by atoms with Gasteiger partial charge in [-0.05, 0) is 31.0 Å². The van der Waals surface area contributed by atoms with Crippen molar-refractivity contribution in [3.8, 4) is 0 Å². The fourth-order valence-electron chi connectivity index (χ4n) is 3.80. The van der Waals surface area contributed by atoms with Gasteiger partial charge in [0.25, 0.3) is 0 Å².